The van der Waals surface area contributed by atoms with E-state index in [9.17, 15) is 0 Å². The van der Waals surface area contributed by atoms with Crippen LogP contribution in [0.2, 0.25) is 0 Å². The highest BCUT2D eigenvalue weighted by Crippen LogP contribution is 2.12. The normalized spacial score (nSPS) is 27.2. The average Bonchev–Trinajstić information content (AvgIpc) is 2.08. The van der Waals surface area contributed by atoms with Crippen molar-refractivity contribution in [3.05, 3.63) is 12.2 Å². The van der Waals surface area contributed by atoms with E-state index in [1.807, 2.05) is 32.0 Å². The molecule has 1 aliphatic rings. The second-order valence-electron chi connectivity index (χ2n) is 3.24. The van der Waals surface area contributed by atoms with E-state index in [2.05, 4.69) is 15.5 Å². The summed E-state index contributed by atoms with van der Waals surface area (Å²) in [5, 5.41) is 4.32. The standard InChI is InChI=1S/C8H13ClN4/c1-8(10-6-13(2)3)5-4-7(9)11-12-8/h4-6,12H,1-3H3. The lowest BCUT2D eigenvalue weighted by atomic mass is 10.2. The molecular formula is C8H13ClN4. The van der Waals surface area contributed by atoms with Crippen molar-refractivity contribution in [1.29, 1.82) is 0 Å². The summed E-state index contributed by atoms with van der Waals surface area (Å²) >= 11 is 5.65. The van der Waals surface area contributed by atoms with Gasteiger partial charge in [0.2, 0.25) is 0 Å². The Labute approximate surface area is 83.0 Å². The SMILES string of the molecule is CN(C)C=NC1(C)C=CC(Cl)=NN1. The average molecular weight is 201 g/mol. The fraction of sp³-hybridized carbons (Fsp3) is 0.500. The quantitative estimate of drug-likeness (QED) is 0.534. The molecule has 72 valence electrons. The monoisotopic (exact) mass is 200 g/mol. The summed E-state index contributed by atoms with van der Waals surface area (Å²) < 4.78 is 0. The minimum absolute atomic E-state index is 0.442. The molecule has 0 aromatic carbocycles. The van der Waals surface area contributed by atoms with Crippen LogP contribution in [0.25, 0.3) is 0 Å². The van der Waals surface area contributed by atoms with Crippen molar-refractivity contribution in [1.82, 2.24) is 10.3 Å². The van der Waals surface area contributed by atoms with E-state index in [1.54, 1.807) is 12.4 Å². The van der Waals surface area contributed by atoms with E-state index in [-0.39, 0.29) is 0 Å². The zero-order valence-corrected chi connectivity index (χ0v) is 8.71. The molecule has 0 aliphatic carbocycles. The first-order valence-corrected chi connectivity index (χ1v) is 4.31. The van der Waals surface area contributed by atoms with Gasteiger partial charge in [0.25, 0.3) is 0 Å². The van der Waals surface area contributed by atoms with Crippen LogP contribution in [0, 0.1) is 0 Å². The van der Waals surface area contributed by atoms with Crippen LogP contribution in [-0.4, -0.2) is 36.2 Å². The predicted molar refractivity (Wildman–Crippen MR) is 56.1 cm³/mol. The van der Waals surface area contributed by atoms with Crippen molar-refractivity contribution in [3.8, 4) is 0 Å². The molecular weight excluding hydrogens is 188 g/mol. The molecule has 4 nitrogen and oxygen atoms in total. The number of hydrogen-bond donors (Lipinski definition) is 1. The van der Waals surface area contributed by atoms with Crippen molar-refractivity contribution in [2.24, 2.45) is 10.1 Å². The van der Waals surface area contributed by atoms with Crippen molar-refractivity contribution < 1.29 is 0 Å². The molecule has 0 aromatic heterocycles. The van der Waals surface area contributed by atoms with E-state index in [1.165, 1.54) is 0 Å². The molecule has 1 atom stereocenters. The van der Waals surface area contributed by atoms with Gasteiger partial charge in [0.1, 0.15) is 5.17 Å². The minimum Gasteiger partial charge on any atom is -0.369 e. The molecule has 0 fully saturated rings. The summed E-state index contributed by atoms with van der Waals surface area (Å²) in [4.78, 5) is 6.15. The lowest BCUT2D eigenvalue weighted by Crippen LogP contribution is -2.38. The third-order valence-corrected chi connectivity index (χ3v) is 1.70. The van der Waals surface area contributed by atoms with Gasteiger partial charge in [-0.05, 0) is 19.1 Å². The molecule has 1 unspecified atom stereocenters. The maximum absolute atomic E-state index is 5.65. The molecule has 0 saturated carbocycles. The second-order valence-corrected chi connectivity index (χ2v) is 3.62. The molecule has 0 saturated heterocycles. The van der Waals surface area contributed by atoms with Gasteiger partial charge in [0.05, 0.1) is 6.34 Å². The molecule has 0 radical (unpaired) electrons. The summed E-state index contributed by atoms with van der Waals surface area (Å²) in [6.45, 7) is 1.91. The first-order chi connectivity index (χ1) is 6.02. The molecule has 1 rings (SSSR count). The Morgan fingerprint density at radius 3 is 2.85 bits per heavy atom. The maximum atomic E-state index is 5.65. The van der Waals surface area contributed by atoms with Crippen LogP contribution in [0.1, 0.15) is 6.92 Å². The molecule has 1 N–H and O–H groups in total. The van der Waals surface area contributed by atoms with Crippen LogP contribution < -0.4 is 5.43 Å². The van der Waals surface area contributed by atoms with E-state index in [0.29, 0.717) is 5.17 Å². The Morgan fingerprint density at radius 1 is 1.69 bits per heavy atom. The van der Waals surface area contributed by atoms with Gasteiger partial charge in [0.15, 0.2) is 5.66 Å². The van der Waals surface area contributed by atoms with Gasteiger partial charge in [-0.3, -0.25) is 5.43 Å². The lowest BCUT2D eigenvalue weighted by Gasteiger charge is -2.23. The van der Waals surface area contributed by atoms with Gasteiger partial charge in [-0.1, -0.05) is 11.6 Å². The van der Waals surface area contributed by atoms with Crippen molar-refractivity contribution in [2.45, 2.75) is 12.6 Å². The number of hydrogen-bond acceptors (Lipinski definition) is 3. The number of aliphatic imine (C=N–C) groups is 1. The first kappa shape index (κ1) is 10.1. The molecule has 0 amide bonds. The summed E-state index contributed by atoms with van der Waals surface area (Å²) in [5.74, 6) is 0. The third kappa shape index (κ3) is 3.06. The van der Waals surface area contributed by atoms with Gasteiger partial charge < -0.3 is 4.90 Å². The number of nitrogens with one attached hydrogen (secondary N) is 1. The zero-order chi connectivity index (χ0) is 9.90. The highest BCUT2D eigenvalue weighted by molar-refractivity contribution is 6.68. The van der Waals surface area contributed by atoms with Crippen molar-refractivity contribution in [3.63, 3.8) is 0 Å². The Balaban J connectivity index is 2.65. The third-order valence-electron chi connectivity index (χ3n) is 1.49. The number of allylic oxidation sites excluding steroid dienone is 1. The van der Waals surface area contributed by atoms with E-state index in [0.717, 1.165) is 0 Å². The summed E-state index contributed by atoms with van der Waals surface area (Å²) in [7, 11) is 3.82. The van der Waals surface area contributed by atoms with Crippen LogP contribution in [-0.2, 0) is 0 Å². The fourth-order valence-electron chi connectivity index (χ4n) is 0.779. The number of halogens is 1. The van der Waals surface area contributed by atoms with E-state index in [4.69, 9.17) is 11.6 Å². The van der Waals surface area contributed by atoms with E-state index >= 15 is 0 Å². The Hall–Kier alpha value is -1.03. The minimum atomic E-state index is -0.483. The summed E-state index contributed by atoms with van der Waals surface area (Å²) in [5.41, 5.74) is 2.36. The Bertz CT molecular complexity index is 269. The summed E-state index contributed by atoms with van der Waals surface area (Å²) in [6.07, 6.45) is 5.32. The zero-order valence-electron chi connectivity index (χ0n) is 7.95. The highest BCUT2D eigenvalue weighted by Gasteiger charge is 2.20. The molecule has 0 bridgehead atoms. The molecule has 1 heterocycles. The lowest BCUT2D eigenvalue weighted by molar-refractivity contribution is 0.462. The van der Waals surface area contributed by atoms with Gasteiger partial charge in [-0.25, -0.2) is 4.99 Å². The van der Waals surface area contributed by atoms with Gasteiger partial charge in [0, 0.05) is 14.1 Å². The highest BCUT2D eigenvalue weighted by atomic mass is 35.5. The number of nitrogens with zero attached hydrogens (tertiary/aromatic N) is 3. The van der Waals surface area contributed by atoms with E-state index < -0.39 is 5.66 Å². The number of rotatable bonds is 2. The largest absolute Gasteiger partial charge is 0.369 e. The molecule has 0 aromatic rings. The molecule has 1 aliphatic heterocycles. The van der Waals surface area contributed by atoms with Crippen molar-refractivity contribution >= 4 is 23.1 Å². The maximum Gasteiger partial charge on any atom is 0.162 e. The number of hydrazone groups is 1. The Morgan fingerprint density at radius 2 is 2.38 bits per heavy atom. The predicted octanol–water partition coefficient (Wildman–Crippen LogP) is 1.00. The van der Waals surface area contributed by atoms with Gasteiger partial charge in [-0.2, -0.15) is 5.10 Å². The van der Waals surface area contributed by atoms with Gasteiger partial charge in [-0.15, -0.1) is 0 Å². The van der Waals surface area contributed by atoms with Gasteiger partial charge >= 0.3 is 0 Å². The molecule has 0 spiro atoms. The second kappa shape index (κ2) is 3.79. The van der Waals surface area contributed by atoms with Crippen LogP contribution in [0.5, 0.6) is 0 Å². The van der Waals surface area contributed by atoms with Crippen LogP contribution in [0.15, 0.2) is 22.2 Å². The first-order valence-electron chi connectivity index (χ1n) is 3.93. The summed E-state index contributed by atoms with van der Waals surface area (Å²) in [6, 6.07) is 0. The van der Waals surface area contributed by atoms with Crippen LogP contribution >= 0.6 is 11.6 Å². The van der Waals surface area contributed by atoms with Crippen LogP contribution in [0.4, 0.5) is 0 Å². The smallest absolute Gasteiger partial charge is 0.162 e. The molecule has 5 heteroatoms. The van der Waals surface area contributed by atoms with Crippen molar-refractivity contribution in [2.75, 3.05) is 14.1 Å². The fourth-order valence-corrected chi connectivity index (χ4v) is 0.885. The Kier molecular flexibility index (Phi) is 2.93. The molecule has 13 heavy (non-hydrogen) atoms. The topological polar surface area (TPSA) is 40.0 Å². The van der Waals surface area contributed by atoms with Crippen LogP contribution in [0.3, 0.4) is 0 Å².